The van der Waals surface area contributed by atoms with Crippen LogP contribution in [-0.2, 0) is 4.74 Å². The SMILES string of the molecule is CCCN(CC)CC1(N)C2CCOC2C1(C)C. The molecule has 3 unspecified atom stereocenters. The molecule has 1 saturated carbocycles. The second kappa shape index (κ2) is 4.52. The van der Waals surface area contributed by atoms with E-state index in [1.54, 1.807) is 0 Å². The normalized spacial score (nSPS) is 39.2. The van der Waals surface area contributed by atoms with Gasteiger partial charge in [0.2, 0.25) is 0 Å². The van der Waals surface area contributed by atoms with E-state index in [0.717, 1.165) is 32.7 Å². The van der Waals surface area contributed by atoms with Gasteiger partial charge in [0.25, 0.3) is 0 Å². The Labute approximate surface area is 106 Å². The first-order valence-corrected chi connectivity index (χ1v) is 7.10. The maximum absolute atomic E-state index is 6.75. The van der Waals surface area contributed by atoms with Gasteiger partial charge < -0.3 is 15.4 Å². The molecule has 2 N–H and O–H groups in total. The Morgan fingerprint density at radius 1 is 1.35 bits per heavy atom. The van der Waals surface area contributed by atoms with Crippen molar-refractivity contribution < 1.29 is 4.74 Å². The minimum atomic E-state index is -0.0562. The predicted molar refractivity (Wildman–Crippen MR) is 71.0 cm³/mol. The van der Waals surface area contributed by atoms with E-state index in [2.05, 4.69) is 32.6 Å². The molecule has 1 aliphatic heterocycles. The molecule has 0 amide bonds. The molecule has 0 aromatic heterocycles. The van der Waals surface area contributed by atoms with Gasteiger partial charge in [-0.1, -0.05) is 27.7 Å². The van der Waals surface area contributed by atoms with E-state index in [9.17, 15) is 0 Å². The van der Waals surface area contributed by atoms with Crippen LogP contribution in [0.2, 0.25) is 0 Å². The number of fused-ring (bicyclic) bond motifs is 1. The van der Waals surface area contributed by atoms with Crippen molar-refractivity contribution >= 4 is 0 Å². The second-order valence-corrected chi connectivity index (χ2v) is 6.32. The lowest BCUT2D eigenvalue weighted by Crippen LogP contribution is -2.78. The van der Waals surface area contributed by atoms with Crippen molar-refractivity contribution in [2.75, 3.05) is 26.2 Å². The predicted octanol–water partition coefficient (Wildman–Crippen LogP) is 1.86. The zero-order valence-electron chi connectivity index (χ0n) is 11.8. The van der Waals surface area contributed by atoms with E-state index in [1.807, 2.05) is 0 Å². The summed E-state index contributed by atoms with van der Waals surface area (Å²) >= 11 is 0. The highest BCUT2D eigenvalue weighted by Gasteiger charge is 2.67. The van der Waals surface area contributed by atoms with E-state index in [0.29, 0.717) is 12.0 Å². The number of hydrogen-bond acceptors (Lipinski definition) is 3. The molecule has 100 valence electrons. The quantitative estimate of drug-likeness (QED) is 0.797. The number of likely N-dealkylation sites (N-methyl/N-ethyl adjacent to an activating group) is 1. The Balaban J connectivity index is 2.07. The average molecular weight is 240 g/mol. The molecule has 2 fully saturated rings. The molecule has 2 aliphatic rings. The van der Waals surface area contributed by atoms with E-state index >= 15 is 0 Å². The molecule has 1 heterocycles. The maximum atomic E-state index is 6.75. The fourth-order valence-electron chi connectivity index (χ4n) is 3.83. The van der Waals surface area contributed by atoms with Crippen molar-refractivity contribution in [3.8, 4) is 0 Å². The van der Waals surface area contributed by atoms with Gasteiger partial charge in [-0.25, -0.2) is 0 Å². The highest BCUT2D eigenvalue weighted by molar-refractivity contribution is 5.21. The monoisotopic (exact) mass is 240 g/mol. The van der Waals surface area contributed by atoms with Crippen LogP contribution < -0.4 is 5.73 Å². The summed E-state index contributed by atoms with van der Waals surface area (Å²) < 4.78 is 5.84. The molecule has 0 aromatic rings. The molecule has 0 aromatic carbocycles. The Morgan fingerprint density at radius 2 is 2.06 bits per heavy atom. The summed E-state index contributed by atoms with van der Waals surface area (Å²) in [5.74, 6) is 0.573. The minimum Gasteiger partial charge on any atom is -0.377 e. The van der Waals surface area contributed by atoms with Crippen LogP contribution in [-0.4, -0.2) is 42.8 Å². The third kappa shape index (κ3) is 1.83. The highest BCUT2D eigenvalue weighted by atomic mass is 16.5. The van der Waals surface area contributed by atoms with Crippen LogP contribution in [0.1, 0.15) is 40.5 Å². The zero-order chi connectivity index (χ0) is 12.7. The number of nitrogens with zero attached hydrogens (tertiary/aromatic N) is 1. The second-order valence-electron chi connectivity index (χ2n) is 6.32. The molecule has 0 spiro atoms. The lowest BCUT2D eigenvalue weighted by Gasteiger charge is -2.63. The molecule has 1 saturated heterocycles. The summed E-state index contributed by atoms with van der Waals surface area (Å²) in [6.45, 7) is 13.2. The van der Waals surface area contributed by atoms with Gasteiger partial charge in [0.1, 0.15) is 0 Å². The van der Waals surface area contributed by atoms with Crippen LogP contribution in [0.4, 0.5) is 0 Å². The van der Waals surface area contributed by atoms with Crippen LogP contribution in [0.5, 0.6) is 0 Å². The van der Waals surface area contributed by atoms with Gasteiger partial charge in [-0.2, -0.15) is 0 Å². The molecule has 1 aliphatic carbocycles. The van der Waals surface area contributed by atoms with Crippen molar-refractivity contribution in [2.45, 2.75) is 52.2 Å². The van der Waals surface area contributed by atoms with Gasteiger partial charge in [0.05, 0.1) is 6.10 Å². The van der Waals surface area contributed by atoms with Crippen LogP contribution in [0.25, 0.3) is 0 Å². The average Bonchev–Trinajstić information content (AvgIpc) is 2.76. The molecule has 3 heteroatoms. The Bertz CT molecular complexity index is 279. The van der Waals surface area contributed by atoms with Gasteiger partial charge in [0, 0.05) is 30.0 Å². The molecule has 17 heavy (non-hydrogen) atoms. The third-order valence-corrected chi connectivity index (χ3v) is 5.14. The smallest absolute Gasteiger partial charge is 0.0691 e. The van der Waals surface area contributed by atoms with Crippen molar-refractivity contribution in [3.05, 3.63) is 0 Å². The highest BCUT2D eigenvalue weighted by Crippen LogP contribution is 2.58. The van der Waals surface area contributed by atoms with Gasteiger partial charge in [-0.15, -0.1) is 0 Å². The van der Waals surface area contributed by atoms with Crippen LogP contribution in [0.3, 0.4) is 0 Å². The lowest BCUT2D eigenvalue weighted by molar-refractivity contribution is -0.163. The van der Waals surface area contributed by atoms with Crippen molar-refractivity contribution in [2.24, 2.45) is 17.1 Å². The summed E-state index contributed by atoms with van der Waals surface area (Å²) in [6, 6.07) is 0. The summed E-state index contributed by atoms with van der Waals surface area (Å²) in [4.78, 5) is 2.50. The first kappa shape index (κ1) is 13.3. The van der Waals surface area contributed by atoms with Gasteiger partial charge in [-0.3, -0.25) is 0 Å². The molecular formula is C14H28N2O. The van der Waals surface area contributed by atoms with Crippen molar-refractivity contribution in [3.63, 3.8) is 0 Å². The lowest BCUT2D eigenvalue weighted by atomic mass is 9.48. The number of rotatable bonds is 5. The van der Waals surface area contributed by atoms with Gasteiger partial charge in [0.15, 0.2) is 0 Å². The van der Waals surface area contributed by atoms with E-state index in [-0.39, 0.29) is 11.0 Å². The maximum Gasteiger partial charge on any atom is 0.0691 e. The van der Waals surface area contributed by atoms with Gasteiger partial charge >= 0.3 is 0 Å². The summed E-state index contributed by atoms with van der Waals surface area (Å²) in [5, 5.41) is 0. The largest absolute Gasteiger partial charge is 0.377 e. The molecular weight excluding hydrogens is 212 g/mol. The van der Waals surface area contributed by atoms with Crippen molar-refractivity contribution in [1.29, 1.82) is 0 Å². The minimum absolute atomic E-state index is 0.0562. The van der Waals surface area contributed by atoms with Crippen molar-refractivity contribution in [1.82, 2.24) is 4.90 Å². The van der Waals surface area contributed by atoms with E-state index in [1.165, 1.54) is 6.42 Å². The van der Waals surface area contributed by atoms with E-state index < -0.39 is 0 Å². The summed E-state index contributed by atoms with van der Waals surface area (Å²) in [6.07, 6.45) is 2.75. The first-order valence-electron chi connectivity index (χ1n) is 7.10. The Kier molecular flexibility index (Phi) is 3.54. The third-order valence-electron chi connectivity index (χ3n) is 5.14. The van der Waals surface area contributed by atoms with E-state index in [4.69, 9.17) is 10.5 Å². The summed E-state index contributed by atoms with van der Waals surface area (Å²) in [7, 11) is 0. The fourth-order valence-corrected chi connectivity index (χ4v) is 3.83. The molecule has 0 bridgehead atoms. The van der Waals surface area contributed by atoms with Crippen LogP contribution >= 0.6 is 0 Å². The molecule has 3 atom stereocenters. The molecule has 3 nitrogen and oxygen atoms in total. The Hall–Kier alpha value is -0.120. The molecule has 0 radical (unpaired) electrons. The molecule has 2 rings (SSSR count). The number of hydrogen-bond donors (Lipinski definition) is 1. The topological polar surface area (TPSA) is 38.5 Å². The number of ether oxygens (including phenoxy) is 1. The summed E-state index contributed by atoms with van der Waals surface area (Å²) in [5.41, 5.74) is 6.82. The van der Waals surface area contributed by atoms with Crippen LogP contribution in [0, 0.1) is 11.3 Å². The van der Waals surface area contributed by atoms with Crippen LogP contribution in [0.15, 0.2) is 0 Å². The Morgan fingerprint density at radius 3 is 2.65 bits per heavy atom. The number of nitrogens with two attached hydrogens (primary N) is 1. The standard InChI is InChI=1S/C14H28N2O/c1-5-8-16(6-2)10-14(15)11-7-9-17-12(11)13(14,3)4/h11-12H,5-10,15H2,1-4H3. The first-order chi connectivity index (χ1) is 7.97. The fraction of sp³-hybridized carbons (Fsp3) is 1.00. The van der Waals surface area contributed by atoms with Gasteiger partial charge in [-0.05, 0) is 25.9 Å². The zero-order valence-corrected chi connectivity index (χ0v) is 11.8.